The van der Waals surface area contributed by atoms with Crippen molar-refractivity contribution in [3.05, 3.63) is 112 Å². The highest BCUT2D eigenvalue weighted by atomic mass is 79.9. The van der Waals surface area contributed by atoms with Crippen molar-refractivity contribution in [3.63, 3.8) is 0 Å². The Labute approximate surface area is 179 Å². The Morgan fingerprint density at radius 3 is 2.10 bits per heavy atom. The van der Waals surface area contributed by atoms with Crippen molar-refractivity contribution in [2.24, 2.45) is 0 Å². The maximum Gasteiger partial charge on any atom is 0.214 e. The van der Waals surface area contributed by atoms with E-state index in [1.165, 1.54) is 6.08 Å². The van der Waals surface area contributed by atoms with Gasteiger partial charge in [0.15, 0.2) is 0 Å². The van der Waals surface area contributed by atoms with Crippen LogP contribution < -0.4 is 0 Å². The molecule has 140 valence electrons. The molecule has 0 saturated carbocycles. The molecule has 0 aromatic heterocycles. The average Bonchev–Trinajstić information content (AvgIpc) is 2.77. The fourth-order valence-electron chi connectivity index (χ4n) is 2.60. The Bertz CT molecular complexity index is 1130. The number of hydrogen-bond donors (Lipinski definition) is 1. The van der Waals surface area contributed by atoms with E-state index in [0.717, 1.165) is 15.6 Å². The van der Waals surface area contributed by atoms with Crippen LogP contribution in [0.4, 0.5) is 0 Å². The molecular formula is C26H17BrO2. The minimum absolute atomic E-state index is 0.514. The molecule has 0 fully saturated rings. The van der Waals surface area contributed by atoms with E-state index in [2.05, 4.69) is 39.6 Å². The van der Waals surface area contributed by atoms with Crippen LogP contribution in [0.1, 0.15) is 16.7 Å². The minimum atomic E-state index is -1.69. The van der Waals surface area contributed by atoms with Crippen LogP contribution in [0.25, 0.3) is 5.57 Å². The SMILES string of the molecule is O=C/C=C(\C#CC(O)(C#Cc1ccc(Br)cc1)c1ccccc1)c1ccccc1. The largest absolute Gasteiger partial charge is 0.363 e. The maximum atomic E-state index is 11.3. The number of aldehydes is 1. The first kappa shape index (κ1) is 20.4. The lowest BCUT2D eigenvalue weighted by Crippen LogP contribution is -2.21. The summed E-state index contributed by atoms with van der Waals surface area (Å²) in [6.45, 7) is 0. The fourth-order valence-corrected chi connectivity index (χ4v) is 2.87. The van der Waals surface area contributed by atoms with E-state index in [9.17, 15) is 9.90 Å². The van der Waals surface area contributed by atoms with Gasteiger partial charge in [-0.05, 0) is 47.7 Å². The molecule has 3 heteroatoms. The summed E-state index contributed by atoms with van der Waals surface area (Å²) < 4.78 is 0.952. The topological polar surface area (TPSA) is 37.3 Å². The second kappa shape index (κ2) is 9.71. The Kier molecular flexibility index (Phi) is 6.82. The first-order chi connectivity index (χ1) is 14.1. The van der Waals surface area contributed by atoms with E-state index in [4.69, 9.17) is 0 Å². The number of carbonyl (C=O) groups is 1. The van der Waals surface area contributed by atoms with Crippen LogP contribution in [0, 0.1) is 23.7 Å². The standard InChI is InChI=1S/C26H17BrO2/c27-25-13-11-21(12-14-25)15-18-26(29,24-9-5-2-6-10-24)19-16-23(17-20-28)22-7-3-1-4-8-22/h1-14,17,20,29H/b23-17+. The van der Waals surface area contributed by atoms with Crippen molar-refractivity contribution in [2.45, 2.75) is 5.60 Å². The predicted molar refractivity (Wildman–Crippen MR) is 120 cm³/mol. The summed E-state index contributed by atoms with van der Waals surface area (Å²) in [6, 6.07) is 25.9. The monoisotopic (exact) mass is 440 g/mol. The first-order valence-corrected chi connectivity index (χ1v) is 9.71. The quantitative estimate of drug-likeness (QED) is 0.354. The molecule has 0 aliphatic carbocycles. The van der Waals surface area contributed by atoms with E-state index < -0.39 is 5.60 Å². The van der Waals surface area contributed by atoms with Crippen LogP contribution in [-0.4, -0.2) is 11.4 Å². The summed E-state index contributed by atoms with van der Waals surface area (Å²) in [4.78, 5) is 11.1. The van der Waals surface area contributed by atoms with Crippen molar-refractivity contribution in [1.29, 1.82) is 0 Å². The number of allylic oxidation sites excluding steroid dienone is 2. The number of rotatable bonds is 3. The molecule has 1 N–H and O–H groups in total. The molecule has 0 aliphatic heterocycles. The summed E-state index contributed by atoms with van der Waals surface area (Å²) >= 11 is 3.40. The highest BCUT2D eigenvalue weighted by Crippen LogP contribution is 2.21. The zero-order valence-electron chi connectivity index (χ0n) is 15.5. The second-order valence-electron chi connectivity index (χ2n) is 6.17. The van der Waals surface area contributed by atoms with E-state index in [-0.39, 0.29) is 0 Å². The zero-order valence-corrected chi connectivity index (χ0v) is 17.1. The normalized spacial score (nSPS) is 12.6. The number of hydrogen-bond acceptors (Lipinski definition) is 2. The van der Waals surface area contributed by atoms with Crippen molar-refractivity contribution >= 4 is 27.8 Å². The van der Waals surface area contributed by atoms with Crippen molar-refractivity contribution in [1.82, 2.24) is 0 Å². The molecule has 3 aromatic carbocycles. The molecule has 0 spiro atoms. The van der Waals surface area contributed by atoms with Gasteiger partial charge >= 0.3 is 0 Å². The van der Waals surface area contributed by atoms with Crippen LogP contribution >= 0.6 is 15.9 Å². The molecule has 0 radical (unpaired) electrons. The van der Waals surface area contributed by atoms with Gasteiger partial charge < -0.3 is 5.11 Å². The van der Waals surface area contributed by atoms with Gasteiger partial charge in [-0.25, -0.2) is 0 Å². The van der Waals surface area contributed by atoms with Gasteiger partial charge in [0.1, 0.15) is 6.29 Å². The summed E-state index contributed by atoms with van der Waals surface area (Å²) in [7, 11) is 0. The molecule has 29 heavy (non-hydrogen) atoms. The third-order valence-electron chi connectivity index (χ3n) is 4.12. The van der Waals surface area contributed by atoms with Crippen molar-refractivity contribution < 1.29 is 9.90 Å². The molecular weight excluding hydrogens is 424 g/mol. The third kappa shape index (κ3) is 5.56. The molecule has 0 amide bonds. The molecule has 3 rings (SSSR count). The average molecular weight is 441 g/mol. The highest BCUT2D eigenvalue weighted by Gasteiger charge is 2.24. The summed E-state index contributed by atoms with van der Waals surface area (Å²) in [5, 5.41) is 11.3. The number of carbonyl (C=O) groups excluding carboxylic acids is 1. The molecule has 2 nitrogen and oxygen atoms in total. The van der Waals surface area contributed by atoms with E-state index in [1.54, 1.807) is 12.1 Å². The van der Waals surface area contributed by atoms with Gasteiger partial charge in [0.25, 0.3) is 0 Å². The first-order valence-electron chi connectivity index (χ1n) is 8.91. The lowest BCUT2D eigenvalue weighted by molar-refractivity contribution is -0.104. The van der Waals surface area contributed by atoms with Gasteiger partial charge in [-0.1, -0.05) is 88.4 Å². The van der Waals surface area contributed by atoms with E-state index in [0.29, 0.717) is 17.4 Å². The molecule has 0 heterocycles. The van der Waals surface area contributed by atoms with E-state index in [1.807, 2.05) is 72.8 Å². The van der Waals surface area contributed by atoms with Gasteiger partial charge in [-0.2, -0.15) is 0 Å². The molecule has 0 saturated heterocycles. The van der Waals surface area contributed by atoms with Gasteiger partial charge in [0, 0.05) is 21.2 Å². The predicted octanol–water partition coefficient (Wildman–Crippen LogP) is 4.97. The third-order valence-corrected chi connectivity index (χ3v) is 4.65. The number of aliphatic hydroxyl groups is 1. The van der Waals surface area contributed by atoms with Gasteiger partial charge in [-0.15, -0.1) is 0 Å². The van der Waals surface area contributed by atoms with Gasteiger partial charge in [0.2, 0.25) is 5.60 Å². The highest BCUT2D eigenvalue weighted by molar-refractivity contribution is 9.10. The Balaban J connectivity index is 2.06. The smallest absolute Gasteiger partial charge is 0.214 e. The van der Waals surface area contributed by atoms with Crippen LogP contribution in [0.2, 0.25) is 0 Å². The Morgan fingerprint density at radius 2 is 1.48 bits per heavy atom. The minimum Gasteiger partial charge on any atom is -0.363 e. The summed E-state index contributed by atoms with van der Waals surface area (Å²) in [5.41, 5.74) is 0.945. The number of benzene rings is 3. The van der Waals surface area contributed by atoms with Crippen LogP contribution in [0.15, 0.2) is 95.5 Å². The van der Waals surface area contributed by atoms with Crippen LogP contribution in [-0.2, 0) is 10.4 Å². The second-order valence-corrected chi connectivity index (χ2v) is 7.08. The molecule has 1 atom stereocenters. The van der Waals surface area contributed by atoms with Gasteiger partial charge in [-0.3, -0.25) is 4.79 Å². The van der Waals surface area contributed by atoms with Crippen LogP contribution in [0.5, 0.6) is 0 Å². The summed E-state index contributed by atoms with van der Waals surface area (Å²) in [5.74, 6) is 11.7. The Morgan fingerprint density at radius 1 is 0.862 bits per heavy atom. The Hall–Kier alpha value is -3.37. The van der Waals surface area contributed by atoms with Crippen molar-refractivity contribution in [3.8, 4) is 23.7 Å². The summed E-state index contributed by atoms with van der Waals surface area (Å²) in [6.07, 6.45) is 2.07. The molecule has 1 unspecified atom stereocenters. The van der Waals surface area contributed by atoms with Crippen LogP contribution in [0.3, 0.4) is 0 Å². The van der Waals surface area contributed by atoms with E-state index >= 15 is 0 Å². The molecule has 0 aliphatic rings. The fraction of sp³-hybridized carbons (Fsp3) is 0.0385. The lowest BCUT2D eigenvalue weighted by atomic mass is 9.93. The van der Waals surface area contributed by atoms with Gasteiger partial charge in [0.05, 0.1) is 0 Å². The number of halogens is 1. The molecule has 0 bridgehead atoms. The lowest BCUT2D eigenvalue weighted by Gasteiger charge is -2.16. The van der Waals surface area contributed by atoms with Crippen molar-refractivity contribution in [2.75, 3.05) is 0 Å². The molecule has 3 aromatic rings. The zero-order chi connectivity index (χ0) is 20.5. The maximum absolute atomic E-state index is 11.3.